The minimum Gasteiger partial charge on any atom is -0.347 e. The maximum atomic E-state index is 12.5. The Morgan fingerprint density at radius 3 is 2.56 bits per heavy atom. The first-order valence-electron chi connectivity index (χ1n) is 5.64. The molecule has 0 fully saturated rings. The molecular weight excluding hydrogens is 243 g/mol. The number of hydrogen-bond acceptors (Lipinski definition) is 1. The molecule has 0 amide bonds. The quantitative estimate of drug-likeness (QED) is 0.765. The van der Waals surface area contributed by atoms with Crippen LogP contribution in [0.25, 0.3) is 10.9 Å². The predicted octanol–water partition coefficient (Wildman–Crippen LogP) is 3.80. The van der Waals surface area contributed by atoms with Crippen LogP contribution in [0.1, 0.15) is 23.7 Å². The highest BCUT2D eigenvalue weighted by Crippen LogP contribution is 2.28. The van der Waals surface area contributed by atoms with Crippen molar-refractivity contribution < 1.29 is 18.0 Å². The lowest BCUT2D eigenvalue weighted by Gasteiger charge is -2.02. The molecule has 1 aromatic carbocycles. The first-order valence-corrected chi connectivity index (χ1v) is 5.64. The third-order valence-corrected chi connectivity index (χ3v) is 2.76. The third-order valence-electron chi connectivity index (χ3n) is 2.76. The lowest BCUT2D eigenvalue weighted by atomic mass is 10.1. The number of nitrogens with zero attached hydrogens (tertiary/aromatic N) is 1. The van der Waals surface area contributed by atoms with Crippen molar-refractivity contribution in [1.82, 2.24) is 4.57 Å². The van der Waals surface area contributed by atoms with Crippen LogP contribution in [0.3, 0.4) is 0 Å². The molecule has 0 saturated carbocycles. The summed E-state index contributed by atoms with van der Waals surface area (Å²) in [5.41, 5.74) is 0.388. The fraction of sp³-hybridized carbons (Fsp3) is 0.308. The SMILES string of the molecule is CCCn1cc(C(=O)C(F)(F)F)c2ccccc21. The molecule has 0 unspecified atom stereocenters. The number of carbonyl (C=O) groups is 1. The Hall–Kier alpha value is -1.78. The van der Waals surface area contributed by atoms with Gasteiger partial charge in [0.2, 0.25) is 0 Å². The van der Waals surface area contributed by atoms with Gasteiger partial charge in [-0.3, -0.25) is 4.79 Å². The van der Waals surface area contributed by atoms with E-state index in [0.717, 1.165) is 6.42 Å². The van der Waals surface area contributed by atoms with E-state index in [2.05, 4.69) is 0 Å². The summed E-state index contributed by atoms with van der Waals surface area (Å²) >= 11 is 0. The van der Waals surface area contributed by atoms with Gasteiger partial charge in [0.25, 0.3) is 5.78 Å². The summed E-state index contributed by atoms with van der Waals surface area (Å²) in [4.78, 5) is 11.4. The molecule has 5 heteroatoms. The number of Topliss-reactive ketones (excluding diaryl/α,β-unsaturated/α-hetero) is 1. The number of fused-ring (bicyclic) bond motifs is 1. The van der Waals surface area contributed by atoms with Crippen LogP contribution in [0.2, 0.25) is 0 Å². The highest BCUT2D eigenvalue weighted by molar-refractivity contribution is 6.10. The fourth-order valence-electron chi connectivity index (χ4n) is 2.01. The minimum absolute atomic E-state index is 0.272. The van der Waals surface area contributed by atoms with Crippen LogP contribution in [-0.2, 0) is 6.54 Å². The topological polar surface area (TPSA) is 22.0 Å². The fourth-order valence-corrected chi connectivity index (χ4v) is 2.01. The normalized spacial score (nSPS) is 12.0. The standard InChI is InChI=1S/C13H12F3NO/c1-2-7-17-8-10(12(18)13(14,15)16)9-5-3-4-6-11(9)17/h3-6,8H,2,7H2,1H3. The first kappa shape index (κ1) is 12.7. The molecule has 0 aliphatic heterocycles. The second-order valence-electron chi connectivity index (χ2n) is 4.08. The highest BCUT2D eigenvalue weighted by Gasteiger charge is 2.40. The summed E-state index contributed by atoms with van der Waals surface area (Å²) in [6.07, 6.45) is -2.75. The largest absolute Gasteiger partial charge is 0.454 e. The van der Waals surface area contributed by atoms with E-state index < -0.39 is 12.0 Å². The number of halogens is 3. The molecule has 2 nitrogen and oxygen atoms in total. The van der Waals surface area contributed by atoms with E-state index in [1.165, 1.54) is 6.20 Å². The molecule has 2 aromatic rings. The zero-order valence-electron chi connectivity index (χ0n) is 9.79. The molecule has 0 aliphatic carbocycles. The zero-order chi connectivity index (χ0) is 13.3. The number of alkyl halides is 3. The molecule has 0 spiro atoms. The van der Waals surface area contributed by atoms with Crippen LogP contribution in [0, 0.1) is 0 Å². The summed E-state index contributed by atoms with van der Waals surface area (Å²) in [5.74, 6) is -1.78. The maximum absolute atomic E-state index is 12.5. The number of ketones is 1. The van der Waals surface area contributed by atoms with Crippen LogP contribution >= 0.6 is 0 Å². The lowest BCUT2D eigenvalue weighted by molar-refractivity contribution is -0.0884. The van der Waals surface area contributed by atoms with Crippen LogP contribution in [0.4, 0.5) is 13.2 Å². The highest BCUT2D eigenvalue weighted by atomic mass is 19.4. The second kappa shape index (κ2) is 4.48. The van der Waals surface area contributed by atoms with Gasteiger partial charge in [-0.15, -0.1) is 0 Å². The first-order chi connectivity index (χ1) is 8.45. The van der Waals surface area contributed by atoms with Crippen LogP contribution in [0.5, 0.6) is 0 Å². The van der Waals surface area contributed by atoms with Crippen molar-refractivity contribution in [3.63, 3.8) is 0 Å². The number of para-hydroxylation sites is 1. The summed E-state index contributed by atoms with van der Waals surface area (Å²) in [5, 5.41) is 0.355. The molecule has 96 valence electrons. The number of carbonyl (C=O) groups excluding carboxylic acids is 1. The van der Waals surface area contributed by atoms with E-state index in [0.29, 0.717) is 17.4 Å². The Morgan fingerprint density at radius 1 is 1.28 bits per heavy atom. The van der Waals surface area contributed by atoms with Gasteiger partial charge in [-0.2, -0.15) is 13.2 Å². The molecule has 1 aromatic heterocycles. The Bertz CT molecular complexity index is 583. The Morgan fingerprint density at radius 2 is 1.94 bits per heavy atom. The van der Waals surface area contributed by atoms with E-state index in [4.69, 9.17) is 0 Å². The third kappa shape index (κ3) is 2.12. The number of hydrogen-bond donors (Lipinski definition) is 0. The van der Waals surface area contributed by atoms with Crippen molar-refractivity contribution in [3.05, 3.63) is 36.0 Å². The van der Waals surface area contributed by atoms with E-state index in [-0.39, 0.29) is 5.56 Å². The molecule has 0 saturated heterocycles. The Balaban J connectivity index is 2.61. The van der Waals surface area contributed by atoms with Gasteiger partial charge < -0.3 is 4.57 Å². The van der Waals surface area contributed by atoms with Gasteiger partial charge in [0.05, 0.1) is 5.56 Å². The van der Waals surface area contributed by atoms with Gasteiger partial charge in [0.1, 0.15) is 0 Å². The van der Waals surface area contributed by atoms with Gasteiger partial charge in [0, 0.05) is 23.6 Å². The molecule has 1 heterocycles. The molecule has 18 heavy (non-hydrogen) atoms. The van der Waals surface area contributed by atoms with Gasteiger partial charge in [-0.05, 0) is 12.5 Å². The van der Waals surface area contributed by atoms with Crippen molar-refractivity contribution >= 4 is 16.7 Å². The van der Waals surface area contributed by atoms with Gasteiger partial charge >= 0.3 is 6.18 Å². The van der Waals surface area contributed by atoms with Gasteiger partial charge in [0.15, 0.2) is 0 Å². The van der Waals surface area contributed by atoms with Gasteiger partial charge in [-0.1, -0.05) is 25.1 Å². The smallest absolute Gasteiger partial charge is 0.347 e. The van der Waals surface area contributed by atoms with Crippen molar-refractivity contribution in [2.75, 3.05) is 0 Å². The van der Waals surface area contributed by atoms with Crippen LogP contribution in [-0.4, -0.2) is 16.5 Å². The monoisotopic (exact) mass is 255 g/mol. The predicted molar refractivity (Wildman–Crippen MR) is 62.6 cm³/mol. The van der Waals surface area contributed by atoms with Gasteiger partial charge in [-0.25, -0.2) is 0 Å². The Kier molecular flexibility index (Phi) is 3.15. The van der Waals surface area contributed by atoms with Crippen molar-refractivity contribution in [2.45, 2.75) is 26.1 Å². The molecule has 0 radical (unpaired) electrons. The lowest BCUT2D eigenvalue weighted by Crippen LogP contribution is -2.22. The molecule has 2 rings (SSSR count). The number of benzene rings is 1. The Labute approximate surface area is 102 Å². The summed E-state index contributed by atoms with van der Waals surface area (Å²) in [6.45, 7) is 2.52. The van der Waals surface area contributed by atoms with E-state index in [1.54, 1.807) is 28.8 Å². The average Bonchev–Trinajstić information content (AvgIpc) is 2.67. The van der Waals surface area contributed by atoms with Crippen molar-refractivity contribution in [3.8, 4) is 0 Å². The number of aryl methyl sites for hydroxylation is 1. The summed E-state index contributed by atoms with van der Waals surface area (Å²) in [7, 11) is 0. The van der Waals surface area contributed by atoms with E-state index in [1.807, 2.05) is 6.92 Å². The van der Waals surface area contributed by atoms with E-state index in [9.17, 15) is 18.0 Å². The van der Waals surface area contributed by atoms with Crippen LogP contribution < -0.4 is 0 Å². The molecule has 0 N–H and O–H groups in total. The van der Waals surface area contributed by atoms with Crippen molar-refractivity contribution in [1.29, 1.82) is 0 Å². The number of rotatable bonds is 3. The second-order valence-corrected chi connectivity index (χ2v) is 4.08. The summed E-state index contributed by atoms with van der Waals surface area (Å²) < 4.78 is 39.2. The number of aromatic nitrogens is 1. The molecule has 0 bridgehead atoms. The maximum Gasteiger partial charge on any atom is 0.454 e. The minimum atomic E-state index is -4.83. The molecular formula is C13H12F3NO. The molecule has 0 atom stereocenters. The van der Waals surface area contributed by atoms with E-state index >= 15 is 0 Å². The van der Waals surface area contributed by atoms with Crippen LogP contribution in [0.15, 0.2) is 30.5 Å². The summed E-state index contributed by atoms with van der Waals surface area (Å²) in [6, 6.07) is 6.64. The zero-order valence-corrected chi connectivity index (χ0v) is 9.79. The molecule has 0 aliphatic rings. The average molecular weight is 255 g/mol. The van der Waals surface area contributed by atoms with Crippen molar-refractivity contribution in [2.24, 2.45) is 0 Å².